The van der Waals surface area contributed by atoms with Gasteiger partial charge in [-0.25, -0.2) is 14.8 Å². The molecule has 0 spiro atoms. The fraction of sp³-hybridized carbons (Fsp3) is 0.387. The quantitative estimate of drug-likeness (QED) is 0.376. The van der Waals surface area contributed by atoms with Gasteiger partial charge in [0, 0.05) is 30.4 Å². The van der Waals surface area contributed by atoms with E-state index < -0.39 is 22.8 Å². The molecule has 0 aliphatic carbocycles. The molecule has 0 radical (unpaired) electrons. The third-order valence-corrected chi connectivity index (χ3v) is 6.41. The summed E-state index contributed by atoms with van der Waals surface area (Å²) < 4.78 is 5.46. The van der Waals surface area contributed by atoms with Crippen molar-refractivity contribution in [2.45, 2.75) is 72.4 Å². The summed E-state index contributed by atoms with van der Waals surface area (Å²) in [5.41, 5.74) is 12.7. The van der Waals surface area contributed by atoms with Crippen LogP contribution in [0.5, 0.6) is 0 Å². The number of nitriles is 1. The van der Waals surface area contributed by atoms with Crippen LogP contribution in [0.3, 0.4) is 0 Å². The van der Waals surface area contributed by atoms with E-state index in [1.54, 1.807) is 55.3 Å². The van der Waals surface area contributed by atoms with Crippen LogP contribution in [0.2, 0.25) is 0 Å². The summed E-state index contributed by atoms with van der Waals surface area (Å²) in [6.07, 6.45) is 3.15. The molecule has 0 fully saturated rings. The Morgan fingerprint density at radius 3 is 2.37 bits per heavy atom. The van der Waals surface area contributed by atoms with E-state index in [-0.39, 0.29) is 17.6 Å². The van der Waals surface area contributed by atoms with E-state index >= 15 is 0 Å². The summed E-state index contributed by atoms with van der Waals surface area (Å²) in [5.74, 6) is -1.39. The monoisotopic (exact) mass is 586 g/mol. The van der Waals surface area contributed by atoms with Crippen molar-refractivity contribution in [3.8, 4) is 17.3 Å². The second kappa shape index (κ2) is 13.3. The maximum Gasteiger partial charge on any atom is 0.410 e. The summed E-state index contributed by atoms with van der Waals surface area (Å²) in [5, 5.41) is 9.43. The van der Waals surface area contributed by atoms with E-state index in [0.29, 0.717) is 42.0 Å². The molecular formula is C31H38N8O4. The molecule has 3 amide bonds. The Morgan fingerprint density at radius 2 is 1.70 bits per heavy atom. The molecule has 2 aromatic heterocycles. The fourth-order valence-electron chi connectivity index (χ4n) is 4.11. The zero-order valence-electron chi connectivity index (χ0n) is 25.6. The van der Waals surface area contributed by atoms with Crippen molar-refractivity contribution in [3.63, 3.8) is 0 Å². The normalized spacial score (nSPS) is 12.6. The molecule has 1 aliphatic rings. The second-order valence-electron chi connectivity index (χ2n) is 11.2. The van der Waals surface area contributed by atoms with Crippen LogP contribution in [-0.4, -0.2) is 49.9 Å². The molecule has 4 rings (SSSR count). The van der Waals surface area contributed by atoms with Gasteiger partial charge in [0.2, 0.25) is 0 Å². The van der Waals surface area contributed by atoms with E-state index in [1.807, 2.05) is 34.6 Å². The number of hydrogen-bond acceptors (Lipinski definition) is 9. The molecule has 0 unspecified atom stereocenters. The highest BCUT2D eigenvalue weighted by Gasteiger charge is 2.27. The van der Waals surface area contributed by atoms with Crippen LogP contribution < -0.4 is 16.6 Å². The van der Waals surface area contributed by atoms with Crippen LogP contribution in [0, 0.1) is 11.3 Å². The van der Waals surface area contributed by atoms with Gasteiger partial charge in [0.1, 0.15) is 5.60 Å². The van der Waals surface area contributed by atoms with Crippen molar-refractivity contribution in [1.29, 1.82) is 5.26 Å². The zero-order valence-corrected chi connectivity index (χ0v) is 25.6. The number of nitrogens with one attached hydrogen (secondary N) is 2. The number of pyridine rings is 1. The smallest absolute Gasteiger partial charge is 0.410 e. The largest absolute Gasteiger partial charge is 0.444 e. The number of carbonyl (C=O) groups is 3. The first-order chi connectivity index (χ1) is 20.3. The topological polar surface area (TPSA) is 176 Å². The Bertz CT molecular complexity index is 1560. The van der Waals surface area contributed by atoms with Crippen LogP contribution >= 0.6 is 0 Å². The summed E-state index contributed by atoms with van der Waals surface area (Å²) >= 11 is 0. The first-order valence-electron chi connectivity index (χ1n) is 14.0. The molecule has 226 valence electrons. The molecular weight excluding hydrogens is 548 g/mol. The number of nitrogens with two attached hydrogens (primary N) is 1. The lowest BCUT2D eigenvalue weighted by Gasteiger charge is -2.31. The highest BCUT2D eigenvalue weighted by Crippen LogP contribution is 2.26. The third-order valence-electron chi connectivity index (χ3n) is 6.41. The first-order valence-corrected chi connectivity index (χ1v) is 14.0. The number of ether oxygens (including phenoxy) is 1. The number of hydrazine groups is 1. The number of fused-ring (bicyclic) bond motifs is 1. The van der Waals surface area contributed by atoms with E-state index in [9.17, 15) is 19.6 Å². The van der Waals surface area contributed by atoms with E-state index in [2.05, 4.69) is 31.9 Å². The number of benzene rings is 1. The van der Waals surface area contributed by atoms with Gasteiger partial charge < -0.3 is 15.4 Å². The second-order valence-corrected chi connectivity index (χ2v) is 11.2. The van der Waals surface area contributed by atoms with Gasteiger partial charge in [0.15, 0.2) is 11.5 Å². The lowest BCUT2D eigenvalue weighted by atomic mass is 9.90. The van der Waals surface area contributed by atoms with Crippen molar-refractivity contribution in [1.82, 2.24) is 30.7 Å². The van der Waals surface area contributed by atoms with Gasteiger partial charge in [-0.15, -0.1) is 0 Å². The first kappa shape index (κ1) is 32.5. The number of carbonyl (C=O) groups excluding carboxylic acids is 3. The summed E-state index contributed by atoms with van der Waals surface area (Å²) in [4.78, 5) is 52.4. The Morgan fingerprint density at radius 1 is 1.00 bits per heavy atom. The van der Waals surface area contributed by atoms with Crippen molar-refractivity contribution in [2.24, 2.45) is 0 Å². The molecule has 3 aromatic rings. The van der Waals surface area contributed by atoms with Gasteiger partial charge in [-0.3, -0.25) is 25.4 Å². The van der Waals surface area contributed by atoms with E-state index in [4.69, 9.17) is 10.5 Å². The lowest BCUT2D eigenvalue weighted by Crippen LogP contribution is -2.42. The number of nitrogens with zero attached hydrogens (tertiary/aromatic N) is 5. The molecule has 0 bridgehead atoms. The number of rotatable bonds is 4. The van der Waals surface area contributed by atoms with Gasteiger partial charge in [-0.1, -0.05) is 19.9 Å². The molecule has 12 nitrogen and oxygen atoms in total. The standard InChI is InChI=1S/C29H32N8O4.C2H6/c1-28(2,3)41-27(40)37-11-9-17-12-19(6-7-20(17)15-37)25(38)35-36-26(39)23-24(31)33-14-21(34-23)18-8-10-32-22(13-18)29(4,5)16-30;1-2/h6-8,10,12-14H,9,11,15H2,1-5H3,(H2,31,33)(H,35,38)(H,36,39);1-2H3. The minimum Gasteiger partial charge on any atom is -0.444 e. The summed E-state index contributed by atoms with van der Waals surface area (Å²) in [6.45, 7) is 13.8. The SMILES string of the molecule is CC.CC(C)(C)OC(=O)N1CCc2cc(C(=O)NNC(=O)c3nc(-c4ccnc(C(C)(C)C#N)c4)cnc3N)ccc2C1. The minimum absolute atomic E-state index is 0.115. The Balaban J connectivity index is 0.00000248. The van der Waals surface area contributed by atoms with Gasteiger partial charge >= 0.3 is 6.09 Å². The fourth-order valence-corrected chi connectivity index (χ4v) is 4.11. The number of amides is 3. The van der Waals surface area contributed by atoms with Gasteiger partial charge in [0.05, 0.1) is 29.1 Å². The minimum atomic E-state index is -0.824. The van der Waals surface area contributed by atoms with Crippen LogP contribution in [-0.2, 0) is 23.1 Å². The summed E-state index contributed by atoms with van der Waals surface area (Å²) in [7, 11) is 0. The van der Waals surface area contributed by atoms with Crippen LogP contribution in [0.15, 0.2) is 42.7 Å². The molecule has 3 heterocycles. The molecule has 1 aromatic carbocycles. The van der Waals surface area contributed by atoms with Crippen LogP contribution in [0.1, 0.15) is 86.1 Å². The molecule has 0 saturated heterocycles. The zero-order chi connectivity index (χ0) is 31.9. The Labute approximate surface area is 251 Å². The van der Waals surface area contributed by atoms with Crippen LogP contribution in [0.4, 0.5) is 10.6 Å². The highest BCUT2D eigenvalue weighted by atomic mass is 16.6. The molecule has 12 heteroatoms. The molecule has 4 N–H and O–H groups in total. The van der Waals surface area contributed by atoms with Gasteiger partial charge in [-0.2, -0.15) is 5.26 Å². The molecule has 0 atom stereocenters. The maximum atomic E-state index is 12.9. The van der Waals surface area contributed by atoms with Crippen molar-refractivity contribution in [2.75, 3.05) is 12.3 Å². The summed E-state index contributed by atoms with van der Waals surface area (Å²) in [6, 6.07) is 10.7. The number of hydrogen-bond donors (Lipinski definition) is 3. The lowest BCUT2D eigenvalue weighted by molar-refractivity contribution is 0.0223. The van der Waals surface area contributed by atoms with Crippen molar-refractivity contribution >= 4 is 23.7 Å². The number of aromatic nitrogens is 3. The average molecular weight is 587 g/mol. The van der Waals surface area contributed by atoms with E-state index in [1.165, 1.54) is 6.20 Å². The van der Waals surface area contributed by atoms with Crippen LogP contribution in [0.25, 0.3) is 11.3 Å². The van der Waals surface area contributed by atoms with Crippen molar-refractivity contribution in [3.05, 3.63) is 70.8 Å². The Kier molecular flexibility index (Phi) is 10.0. The maximum absolute atomic E-state index is 12.9. The predicted octanol–water partition coefficient (Wildman–Crippen LogP) is 4.32. The Hall–Kier alpha value is -5.05. The van der Waals surface area contributed by atoms with Gasteiger partial charge in [-0.05, 0) is 76.4 Å². The molecule has 43 heavy (non-hydrogen) atoms. The molecule has 0 saturated carbocycles. The predicted molar refractivity (Wildman–Crippen MR) is 161 cm³/mol. The number of anilines is 1. The van der Waals surface area contributed by atoms with E-state index in [0.717, 1.165) is 11.1 Å². The highest BCUT2D eigenvalue weighted by molar-refractivity contribution is 6.00. The third kappa shape index (κ3) is 8.03. The van der Waals surface area contributed by atoms with Crippen molar-refractivity contribution < 1.29 is 19.1 Å². The average Bonchev–Trinajstić information content (AvgIpc) is 2.99. The molecule has 1 aliphatic heterocycles. The number of nitrogen functional groups attached to an aromatic ring is 1. The van der Waals surface area contributed by atoms with Gasteiger partial charge in [0.25, 0.3) is 11.8 Å².